The lowest BCUT2D eigenvalue weighted by Crippen LogP contribution is -2.39. The van der Waals surface area contributed by atoms with Gasteiger partial charge in [0.1, 0.15) is 12.2 Å². The van der Waals surface area contributed by atoms with E-state index < -0.39 is 0 Å². The fourth-order valence-electron chi connectivity index (χ4n) is 1.67. The summed E-state index contributed by atoms with van der Waals surface area (Å²) in [5.41, 5.74) is 1.05. The fourth-order valence-corrected chi connectivity index (χ4v) is 1.67. The Bertz CT molecular complexity index is 435. The zero-order valence-electron chi connectivity index (χ0n) is 12.8. The molecule has 0 aliphatic heterocycles. The summed E-state index contributed by atoms with van der Waals surface area (Å²) in [4.78, 5) is 4.48. The Morgan fingerprint density at radius 2 is 2.10 bits per heavy atom. The molecule has 6 heteroatoms. The minimum atomic E-state index is 0.645. The second-order valence-electron chi connectivity index (χ2n) is 4.77. The van der Waals surface area contributed by atoms with E-state index in [0.717, 1.165) is 49.8 Å². The molecule has 0 aliphatic carbocycles. The summed E-state index contributed by atoms with van der Waals surface area (Å²) in [5.74, 6) is 1.84. The standard InChI is InChI=1S/C14H26N6/c1-5-7-15-14(17-10-12(3)4)16-8-9-20-11-18-19-13(20)6-2/h11H,3,5-10H2,1-2,4H3,(H2,15,16,17). The van der Waals surface area contributed by atoms with E-state index in [9.17, 15) is 0 Å². The monoisotopic (exact) mass is 278 g/mol. The number of rotatable bonds is 8. The van der Waals surface area contributed by atoms with Crippen molar-refractivity contribution in [2.75, 3.05) is 19.6 Å². The topological polar surface area (TPSA) is 67.1 Å². The van der Waals surface area contributed by atoms with Gasteiger partial charge in [-0.05, 0) is 13.3 Å². The SMILES string of the molecule is C=C(C)CN=C(NCCC)NCCn1cnnc1CC. The van der Waals surface area contributed by atoms with Gasteiger partial charge in [0.2, 0.25) is 0 Å². The van der Waals surface area contributed by atoms with Gasteiger partial charge in [0.25, 0.3) is 0 Å². The van der Waals surface area contributed by atoms with Crippen LogP contribution in [0.3, 0.4) is 0 Å². The van der Waals surface area contributed by atoms with Crippen LogP contribution < -0.4 is 10.6 Å². The van der Waals surface area contributed by atoms with Gasteiger partial charge in [-0.1, -0.05) is 26.0 Å². The number of hydrogen-bond donors (Lipinski definition) is 2. The quantitative estimate of drug-likeness (QED) is 0.428. The van der Waals surface area contributed by atoms with Crippen LogP contribution in [-0.2, 0) is 13.0 Å². The van der Waals surface area contributed by atoms with Crippen molar-refractivity contribution in [2.45, 2.75) is 40.2 Å². The van der Waals surface area contributed by atoms with Crippen molar-refractivity contribution in [1.82, 2.24) is 25.4 Å². The molecule has 1 heterocycles. The van der Waals surface area contributed by atoms with Crippen LogP contribution in [-0.4, -0.2) is 40.4 Å². The normalized spacial score (nSPS) is 11.4. The van der Waals surface area contributed by atoms with Gasteiger partial charge in [-0.25, -0.2) is 4.99 Å². The zero-order valence-corrected chi connectivity index (χ0v) is 12.8. The summed E-state index contributed by atoms with van der Waals surface area (Å²) in [5, 5.41) is 14.6. The molecule has 112 valence electrons. The molecule has 0 spiro atoms. The molecule has 0 unspecified atom stereocenters. The van der Waals surface area contributed by atoms with Crippen molar-refractivity contribution in [3.8, 4) is 0 Å². The van der Waals surface area contributed by atoms with Gasteiger partial charge in [0.05, 0.1) is 6.54 Å². The van der Waals surface area contributed by atoms with Crippen molar-refractivity contribution >= 4 is 5.96 Å². The lowest BCUT2D eigenvalue weighted by atomic mass is 10.4. The van der Waals surface area contributed by atoms with Crippen LogP contribution in [0.4, 0.5) is 0 Å². The largest absolute Gasteiger partial charge is 0.356 e. The Labute approximate surface area is 121 Å². The van der Waals surface area contributed by atoms with Crippen LogP contribution in [0, 0.1) is 0 Å². The Morgan fingerprint density at radius 1 is 1.35 bits per heavy atom. The maximum Gasteiger partial charge on any atom is 0.191 e. The first-order valence-corrected chi connectivity index (χ1v) is 7.20. The highest BCUT2D eigenvalue weighted by Crippen LogP contribution is 1.94. The molecule has 1 aromatic heterocycles. The average Bonchev–Trinajstić information content (AvgIpc) is 2.88. The third-order valence-corrected chi connectivity index (χ3v) is 2.71. The van der Waals surface area contributed by atoms with Crippen molar-refractivity contribution in [3.63, 3.8) is 0 Å². The molecular formula is C14H26N6. The molecular weight excluding hydrogens is 252 g/mol. The number of nitrogens with zero attached hydrogens (tertiary/aromatic N) is 4. The van der Waals surface area contributed by atoms with Crippen LogP contribution in [0.2, 0.25) is 0 Å². The van der Waals surface area contributed by atoms with Gasteiger partial charge in [-0.3, -0.25) is 0 Å². The zero-order chi connectivity index (χ0) is 14.8. The number of nitrogens with one attached hydrogen (secondary N) is 2. The first kappa shape index (κ1) is 16.2. The maximum atomic E-state index is 4.48. The number of aromatic nitrogens is 3. The summed E-state index contributed by atoms with van der Waals surface area (Å²) in [7, 11) is 0. The second-order valence-corrected chi connectivity index (χ2v) is 4.77. The highest BCUT2D eigenvalue weighted by Gasteiger charge is 2.02. The average molecular weight is 278 g/mol. The van der Waals surface area contributed by atoms with Gasteiger partial charge in [-0.2, -0.15) is 0 Å². The third kappa shape index (κ3) is 5.86. The molecule has 0 atom stereocenters. The molecule has 6 nitrogen and oxygen atoms in total. The number of hydrogen-bond acceptors (Lipinski definition) is 3. The van der Waals surface area contributed by atoms with Crippen molar-refractivity contribution in [2.24, 2.45) is 4.99 Å². The van der Waals surface area contributed by atoms with Crippen LogP contribution in [0.25, 0.3) is 0 Å². The van der Waals surface area contributed by atoms with Crippen LogP contribution in [0.15, 0.2) is 23.5 Å². The predicted molar refractivity (Wildman–Crippen MR) is 82.8 cm³/mol. The Balaban J connectivity index is 2.45. The Hall–Kier alpha value is -1.85. The van der Waals surface area contributed by atoms with Gasteiger partial charge >= 0.3 is 0 Å². The molecule has 0 amide bonds. The molecule has 0 bridgehead atoms. The van der Waals surface area contributed by atoms with Gasteiger partial charge in [0.15, 0.2) is 5.96 Å². The molecule has 0 fully saturated rings. The molecule has 2 N–H and O–H groups in total. The first-order valence-electron chi connectivity index (χ1n) is 7.20. The highest BCUT2D eigenvalue weighted by molar-refractivity contribution is 5.79. The van der Waals surface area contributed by atoms with E-state index in [4.69, 9.17) is 0 Å². The molecule has 1 aromatic rings. The van der Waals surface area contributed by atoms with E-state index >= 15 is 0 Å². The molecule has 0 aromatic carbocycles. The summed E-state index contributed by atoms with van der Waals surface area (Å²) >= 11 is 0. The van der Waals surface area contributed by atoms with Gasteiger partial charge < -0.3 is 15.2 Å². The van der Waals surface area contributed by atoms with E-state index in [1.807, 2.05) is 6.92 Å². The minimum absolute atomic E-state index is 0.645. The molecule has 0 radical (unpaired) electrons. The lowest BCUT2D eigenvalue weighted by molar-refractivity contribution is 0.631. The molecule has 1 rings (SSSR count). The summed E-state index contributed by atoms with van der Waals surface area (Å²) in [6, 6.07) is 0. The number of aryl methyl sites for hydroxylation is 1. The second kappa shape index (κ2) is 9.12. The Morgan fingerprint density at radius 3 is 2.75 bits per heavy atom. The van der Waals surface area contributed by atoms with Crippen LogP contribution in [0.5, 0.6) is 0 Å². The highest BCUT2D eigenvalue weighted by atomic mass is 15.3. The van der Waals surface area contributed by atoms with E-state index in [-0.39, 0.29) is 0 Å². The van der Waals surface area contributed by atoms with E-state index in [0.29, 0.717) is 6.54 Å². The van der Waals surface area contributed by atoms with Gasteiger partial charge in [-0.15, -0.1) is 10.2 Å². The number of guanidine groups is 1. The van der Waals surface area contributed by atoms with E-state index in [2.05, 4.69) is 50.8 Å². The fraction of sp³-hybridized carbons (Fsp3) is 0.643. The smallest absolute Gasteiger partial charge is 0.191 e. The number of aliphatic imine (C=N–C) groups is 1. The molecule has 20 heavy (non-hydrogen) atoms. The molecule has 0 saturated carbocycles. The lowest BCUT2D eigenvalue weighted by Gasteiger charge is -2.12. The third-order valence-electron chi connectivity index (χ3n) is 2.71. The van der Waals surface area contributed by atoms with Gasteiger partial charge in [0, 0.05) is 26.1 Å². The molecule has 0 aliphatic rings. The van der Waals surface area contributed by atoms with Crippen molar-refractivity contribution in [3.05, 3.63) is 24.3 Å². The predicted octanol–water partition coefficient (Wildman–Crippen LogP) is 1.36. The molecule has 0 saturated heterocycles. The minimum Gasteiger partial charge on any atom is -0.356 e. The van der Waals surface area contributed by atoms with Crippen molar-refractivity contribution in [1.29, 1.82) is 0 Å². The summed E-state index contributed by atoms with van der Waals surface area (Å²) in [6.07, 6.45) is 3.73. The summed E-state index contributed by atoms with van der Waals surface area (Å²) in [6.45, 7) is 13.2. The maximum absolute atomic E-state index is 4.48. The summed E-state index contributed by atoms with van der Waals surface area (Å²) < 4.78 is 2.06. The van der Waals surface area contributed by atoms with E-state index in [1.165, 1.54) is 0 Å². The van der Waals surface area contributed by atoms with Crippen LogP contribution in [0.1, 0.15) is 33.0 Å². The van der Waals surface area contributed by atoms with Crippen molar-refractivity contribution < 1.29 is 0 Å². The van der Waals surface area contributed by atoms with E-state index in [1.54, 1.807) is 6.33 Å². The van der Waals surface area contributed by atoms with Crippen LogP contribution >= 0.6 is 0 Å². The Kier molecular flexibility index (Phi) is 7.39. The first-order chi connectivity index (χ1) is 9.67.